The molecule has 6 nitrogen and oxygen atoms in total. The summed E-state index contributed by atoms with van der Waals surface area (Å²) in [6, 6.07) is 13.8. The third-order valence-corrected chi connectivity index (χ3v) is 6.39. The van der Waals surface area contributed by atoms with Crippen LogP contribution in [0.3, 0.4) is 0 Å². The van der Waals surface area contributed by atoms with Crippen molar-refractivity contribution in [3.8, 4) is 5.69 Å². The first-order valence-corrected chi connectivity index (χ1v) is 12.6. The zero-order valence-electron chi connectivity index (χ0n) is 18.7. The summed E-state index contributed by atoms with van der Waals surface area (Å²) in [4.78, 5) is 0. The summed E-state index contributed by atoms with van der Waals surface area (Å²) in [7, 11) is -3.58. The van der Waals surface area contributed by atoms with Gasteiger partial charge in [-0.3, -0.25) is 4.72 Å². The van der Waals surface area contributed by atoms with Crippen LogP contribution in [-0.2, 0) is 16.2 Å². The molecule has 36 heavy (non-hydrogen) atoms. The van der Waals surface area contributed by atoms with Crippen molar-refractivity contribution in [3.05, 3.63) is 93.9 Å². The Hall–Kier alpha value is -3.57. The summed E-state index contributed by atoms with van der Waals surface area (Å²) < 4.78 is 82.5. The van der Waals surface area contributed by atoms with Gasteiger partial charge >= 0.3 is 6.18 Å². The molecule has 188 valence electrons. The third kappa shape index (κ3) is 4.63. The average molecular weight is 540 g/mol. The Morgan fingerprint density at radius 1 is 1.08 bits per heavy atom. The number of benzene rings is 3. The topological polar surface area (TPSA) is 83.7 Å². The molecule has 0 radical (unpaired) electrons. The Morgan fingerprint density at radius 3 is 2.39 bits per heavy atom. The predicted molar refractivity (Wildman–Crippen MR) is 130 cm³/mol. The third-order valence-electron chi connectivity index (χ3n) is 5.48. The highest BCUT2D eigenvalue weighted by Crippen LogP contribution is 2.38. The van der Waals surface area contributed by atoms with Crippen molar-refractivity contribution in [2.45, 2.75) is 13.1 Å². The molecule has 1 aromatic heterocycles. The Labute approximate surface area is 208 Å². The largest absolute Gasteiger partial charge is 0.419 e. The Kier molecular flexibility index (Phi) is 6.48. The van der Waals surface area contributed by atoms with E-state index in [9.17, 15) is 26.8 Å². The van der Waals surface area contributed by atoms with Gasteiger partial charge in [0.2, 0.25) is 10.0 Å². The predicted octanol–water partition coefficient (Wildman–Crippen LogP) is 6.35. The van der Waals surface area contributed by atoms with Crippen molar-refractivity contribution in [1.29, 1.82) is 0 Å². The molecule has 0 saturated carbocycles. The molecule has 0 amide bonds. The van der Waals surface area contributed by atoms with Crippen LogP contribution >= 0.6 is 11.6 Å². The molecule has 3 aromatic carbocycles. The summed E-state index contributed by atoms with van der Waals surface area (Å²) >= 11 is 6.50. The van der Waals surface area contributed by atoms with Crippen LogP contribution in [0.15, 0.2) is 65.8 Å². The first kappa shape index (κ1) is 25.5. The molecule has 0 atom stereocenters. The highest BCUT2D eigenvalue weighted by Gasteiger charge is 2.36. The van der Waals surface area contributed by atoms with Crippen molar-refractivity contribution in [2.24, 2.45) is 5.16 Å². The number of nitrogens with one attached hydrogen (secondary N) is 1. The van der Waals surface area contributed by atoms with Gasteiger partial charge < -0.3 is 9.77 Å². The number of hydrogen-bond acceptors (Lipinski definition) is 4. The molecule has 0 saturated heterocycles. The number of halogens is 5. The Balaban J connectivity index is 2.02. The van der Waals surface area contributed by atoms with Crippen LogP contribution in [0.4, 0.5) is 23.2 Å². The van der Waals surface area contributed by atoms with E-state index in [2.05, 4.69) is 9.88 Å². The number of anilines is 1. The molecular weight excluding hydrogens is 522 g/mol. The van der Waals surface area contributed by atoms with E-state index in [1.807, 2.05) is 0 Å². The van der Waals surface area contributed by atoms with E-state index in [4.69, 9.17) is 11.6 Å². The summed E-state index contributed by atoms with van der Waals surface area (Å²) in [5.41, 5.74) is -0.864. The molecule has 0 bridgehead atoms. The van der Waals surface area contributed by atoms with Crippen LogP contribution in [0.1, 0.15) is 22.4 Å². The van der Waals surface area contributed by atoms with Crippen LogP contribution < -0.4 is 4.72 Å². The number of hydrogen-bond donors (Lipinski definition) is 2. The number of nitrogens with zero attached hydrogens (tertiary/aromatic N) is 2. The minimum Gasteiger partial charge on any atom is -0.410 e. The summed E-state index contributed by atoms with van der Waals surface area (Å²) in [6.07, 6.45) is -3.96. The lowest BCUT2D eigenvalue weighted by molar-refractivity contribution is -0.140. The van der Waals surface area contributed by atoms with Gasteiger partial charge in [-0.15, -0.1) is 0 Å². The number of para-hydroxylation sites is 1. The van der Waals surface area contributed by atoms with Crippen LogP contribution in [0.5, 0.6) is 0 Å². The number of alkyl halides is 3. The SMILES string of the molecule is Cc1c(C(=NO)c2cccc(C(F)(F)F)c2F)c2cccc(Cl)c2n1-c1cccc(NS(C)(=O)=O)c1. The molecule has 0 unspecified atom stereocenters. The number of aromatic nitrogens is 1. The van der Waals surface area contributed by atoms with E-state index in [1.165, 1.54) is 12.1 Å². The smallest absolute Gasteiger partial charge is 0.410 e. The van der Waals surface area contributed by atoms with Crippen molar-refractivity contribution in [2.75, 3.05) is 11.0 Å². The van der Waals surface area contributed by atoms with Gasteiger partial charge in [0.25, 0.3) is 0 Å². The van der Waals surface area contributed by atoms with Crippen molar-refractivity contribution in [3.63, 3.8) is 0 Å². The second kappa shape index (κ2) is 9.14. The molecule has 4 rings (SSSR count). The maximum atomic E-state index is 15.0. The van der Waals surface area contributed by atoms with Crippen molar-refractivity contribution >= 4 is 43.9 Å². The zero-order valence-corrected chi connectivity index (χ0v) is 20.3. The average Bonchev–Trinajstić information content (AvgIpc) is 3.07. The number of rotatable bonds is 5. The Morgan fingerprint density at radius 2 is 1.75 bits per heavy atom. The normalized spacial score (nSPS) is 12.8. The molecule has 0 aliphatic carbocycles. The van der Waals surface area contributed by atoms with E-state index in [-0.39, 0.29) is 16.3 Å². The van der Waals surface area contributed by atoms with Crippen LogP contribution in [0.25, 0.3) is 16.6 Å². The first-order chi connectivity index (χ1) is 16.8. The maximum Gasteiger partial charge on any atom is 0.419 e. The van der Waals surface area contributed by atoms with Crippen molar-refractivity contribution in [1.82, 2.24) is 4.57 Å². The first-order valence-electron chi connectivity index (χ1n) is 10.3. The maximum absolute atomic E-state index is 15.0. The molecule has 0 aliphatic rings. The molecule has 12 heteroatoms. The van der Waals surface area contributed by atoms with Gasteiger partial charge in [0.1, 0.15) is 11.5 Å². The second-order valence-corrected chi connectivity index (χ2v) is 10.1. The molecular formula is C24H18ClF4N3O3S. The Bertz CT molecular complexity index is 1630. The fraction of sp³-hybridized carbons (Fsp3) is 0.125. The summed E-state index contributed by atoms with van der Waals surface area (Å²) in [6.45, 7) is 1.60. The number of sulfonamides is 1. The van der Waals surface area contributed by atoms with Gasteiger partial charge in [-0.2, -0.15) is 13.2 Å². The minimum atomic E-state index is -4.96. The van der Waals surface area contributed by atoms with Crippen molar-refractivity contribution < 1.29 is 31.2 Å². The van der Waals surface area contributed by atoms with Gasteiger partial charge in [-0.25, -0.2) is 12.8 Å². The summed E-state index contributed by atoms with van der Waals surface area (Å²) in [5, 5.41) is 13.7. The van der Waals surface area contributed by atoms with Gasteiger partial charge in [0.15, 0.2) is 0 Å². The molecule has 0 aliphatic heterocycles. The highest BCUT2D eigenvalue weighted by atomic mass is 35.5. The van der Waals surface area contributed by atoms with E-state index < -0.39 is 38.9 Å². The lowest BCUT2D eigenvalue weighted by Gasteiger charge is -2.14. The molecule has 4 aromatic rings. The van der Waals surface area contributed by atoms with Gasteiger partial charge in [-0.05, 0) is 43.3 Å². The number of oxime groups is 1. The fourth-order valence-electron chi connectivity index (χ4n) is 4.14. The molecule has 2 N–H and O–H groups in total. The van der Waals surface area contributed by atoms with E-state index in [0.717, 1.165) is 18.4 Å². The fourth-order valence-corrected chi connectivity index (χ4v) is 4.95. The standard InChI is InChI=1S/C24H18ClF4N3O3S/c1-13-20(22(30-33)17-9-4-10-18(21(17)26)24(27,28)29)16-8-5-11-19(25)23(16)32(13)15-7-3-6-14(12-15)31-36(2,34)35/h3-12,31,33H,1-2H3. The van der Waals surface area contributed by atoms with Crippen LogP contribution in [0, 0.1) is 12.7 Å². The summed E-state index contributed by atoms with van der Waals surface area (Å²) in [5.74, 6) is -1.58. The highest BCUT2D eigenvalue weighted by molar-refractivity contribution is 7.92. The molecule has 0 spiro atoms. The minimum absolute atomic E-state index is 0.148. The molecule has 0 fully saturated rings. The number of fused-ring (bicyclic) bond motifs is 1. The second-order valence-electron chi connectivity index (χ2n) is 7.97. The van der Waals surface area contributed by atoms with Gasteiger partial charge in [0.05, 0.1) is 28.0 Å². The van der Waals surface area contributed by atoms with Crippen LogP contribution in [-0.4, -0.2) is 30.2 Å². The quantitative estimate of drug-likeness (QED) is 0.134. The van der Waals surface area contributed by atoms with E-state index in [0.29, 0.717) is 28.4 Å². The lowest BCUT2D eigenvalue weighted by atomic mass is 9.97. The van der Waals surface area contributed by atoms with Gasteiger partial charge in [-0.1, -0.05) is 41.0 Å². The van der Waals surface area contributed by atoms with E-state index >= 15 is 4.39 Å². The van der Waals surface area contributed by atoms with Crippen LogP contribution in [0.2, 0.25) is 5.02 Å². The monoisotopic (exact) mass is 539 g/mol. The van der Waals surface area contributed by atoms with E-state index in [1.54, 1.807) is 41.8 Å². The zero-order chi connectivity index (χ0) is 26.4. The lowest BCUT2D eigenvalue weighted by Crippen LogP contribution is -2.14. The van der Waals surface area contributed by atoms with Gasteiger partial charge in [0, 0.05) is 27.9 Å². The molecule has 1 heterocycles.